The van der Waals surface area contributed by atoms with Crippen LogP contribution in [0.1, 0.15) is 6.42 Å². The monoisotopic (exact) mass is 233 g/mol. The molecule has 5 heteroatoms. The second kappa shape index (κ2) is 3.54. The van der Waals surface area contributed by atoms with Crippen LogP contribution in [-0.2, 0) is 4.79 Å². The van der Waals surface area contributed by atoms with Crippen molar-refractivity contribution in [1.82, 2.24) is 4.98 Å². The van der Waals surface area contributed by atoms with Crippen molar-refractivity contribution in [2.75, 3.05) is 11.4 Å². The molecule has 1 unspecified atom stereocenters. The molecule has 0 aliphatic carbocycles. The Bertz CT molecular complexity index is 551. The highest BCUT2D eigenvalue weighted by Gasteiger charge is 2.29. The largest absolute Gasteiger partial charge is 0.320 e. The molecule has 2 heterocycles. The van der Waals surface area contributed by atoms with Gasteiger partial charge in [-0.3, -0.25) is 4.79 Å². The quantitative estimate of drug-likeness (QED) is 0.809. The first-order valence-electron chi connectivity index (χ1n) is 5.16. The molecule has 1 saturated heterocycles. The maximum Gasteiger partial charge on any atom is 0.243 e. The highest BCUT2D eigenvalue weighted by molar-refractivity contribution is 7.16. The molecule has 2 aromatic rings. The molecule has 1 atom stereocenters. The lowest BCUT2D eigenvalue weighted by Gasteiger charge is -2.15. The van der Waals surface area contributed by atoms with Gasteiger partial charge in [0.1, 0.15) is 0 Å². The predicted octanol–water partition coefficient (Wildman–Crippen LogP) is 1.36. The second-order valence-electron chi connectivity index (χ2n) is 3.89. The third kappa shape index (κ3) is 1.40. The van der Waals surface area contributed by atoms with Gasteiger partial charge in [-0.1, -0.05) is 0 Å². The highest BCUT2D eigenvalue weighted by atomic mass is 32.1. The van der Waals surface area contributed by atoms with Crippen molar-refractivity contribution >= 4 is 33.1 Å². The Kier molecular flexibility index (Phi) is 2.15. The average molecular weight is 233 g/mol. The number of nitrogens with zero attached hydrogens (tertiary/aromatic N) is 2. The molecule has 0 bridgehead atoms. The summed E-state index contributed by atoms with van der Waals surface area (Å²) in [5.74, 6) is 0.0175. The molecular formula is C11H11N3OS. The van der Waals surface area contributed by atoms with Gasteiger partial charge in [0.25, 0.3) is 0 Å². The molecule has 1 aliphatic rings. The summed E-state index contributed by atoms with van der Waals surface area (Å²) in [5, 5.41) is 0. The van der Waals surface area contributed by atoms with Crippen molar-refractivity contribution in [3.63, 3.8) is 0 Å². The second-order valence-corrected chi connectivity index (χ2v) is 4.78. The molecule has 2 N–H and O–H groups in total. The van der Waals surface area contributed by atoms with Crippen LogP contribution in [0.2, 0.25) is 0 Å². The lowest BCUT2D eigenvalue weighted by atomic mass is 10.2. The van der Waals surface area contributed by atoms with E-state index >= 15 is 0 Å². The third-order valence-corrected chi connectivity index (χ3v) is 3.67. The molecule has 0 saturated carbocycles. The maximum atomic E-state index is 11.8. The number of carbonyl (C=O) groups excluding carboxylic acids is 1. The van der Waals surface area contributed by atoms with E-state index in [1.54, 1.807) is 16.2 Å². The molecule has 1 aromatic carbocycles. The zero-order valence-electron chi connectivity index (χ0n) is 8.59. The van der Waals surface area contributed by atoms with Crippen molar-refractivity contribution in [3.8, 4) is 0 Å². The molecule has 0 radical (unpaired) electrons. The molecule has 16 heavy (non-hydrogen) atoms. The summed E-state index contributed by atoms with van der Waals surface area (Å²) >= 11 is 1.58. The predicted molar refractivity (Wildman–Crippen MR) is 64.6 cm³/mol. The number of rotatable bonds is 1. The van der Waals surface area contributed by atoms with Gasteiger partial charge in [-0.2, -0.15) is 0 Å². The van der Waals surface area contributed by atoms with E-state index in [-0.39, 0.29) is 11.9 Å². The topological polar surface area (TPSA) is 59.2 Å². The Balaban J connectivity index is 2.02. The summed E-state index contributed by atoms with van der Waals surface area (Å²) in [6, 6.07) is 5.54. The van der Waals surface area contributed by atoms with Crippen molar-refractivity contribution in [2.45, 2.75) is 12.5 Å². The molecule has 82 valence electrons. The zero-order chi connectivity index (χ0) is 11.1. The van der Waals surface area contributed by atoms with Gasteiger partial charge in [-0.05, 0) is 24.6 Å². The fourth-order valence-electron chi connectivity index (χ4n) is 1.97. The van der Waals surface area contributed by atoms with E-state index in [0.717, 1.165) is 22.3 Å². The Morgan fingerprint density at radius 1 is 1.50 bits per heavy atom. The van der Waals surface area contributed by atoms with Crippen LogP contribution < -0.4 is 10.6 Å². The summed E-state index contributed by atoms with van der Waals surface area (Å²) in [6.45, 7) is 0.713. The first-order valence-corrected chi connectivity index (χ1v) is 6.04. The minimum Gasteiger partial charge on any atom is -0.320 e. The number of carbonyl (C=O) groups is 1. The number of benzene rings is 1. The van der Waals surface area contributed by atoms with Crippen molar-refractivity contribution in [3.05, 3.63) is 23.7 Å². The fourth-order valence-corrected chi connectivity index (χ4v) is 2.68. The molecule has 4 nitrogen and oxygen atoms in total. The summed E-state index contributed by atoms with van der Waals surface area (Å²) in [4.78, 5) is 17.7. The van der Waals surface area contributed by atoms with E-state index in [2.05, 4.69) is 4.98 Å². The van der Waals surface area contributed by atoms with Crippen LogP contribution >= 0.6 is 11.3 Å². The number of thiazole rings is 1. The van der Waals surface area contributed by atoms with Gasteiger partial charge in [0.2, 0.25) is 5.91 Å². The summed E-state index contributed by atoms with van der Waals surface area (Å²) in [7, 11) is 0. The van der Waals surface area contributed by atoms with Crippen molar-refractivity contribution in [2.24, 2.45) is 5.73 Å². The number of hydrogen-bond acceptors (Lipinski definition) is 4. The lowest BCUT2D eigenvalue weighted by Crippen LogP contribution is -2.33. The standard InChI is InChI=1S/C11H11N3OS/c12-8-3-4-14(11(8)15)7-1-2-9-10(5-7)16-6-13-9/h1-2,5-6,8H,3-4,12H2. The molecular weight excluding hydrogens is 222 g/mol. The molecule has 1 aromatic heterocycles. The number of anilines is 1. The summed E-state index contributed by atoms with van der Waals surface area (Å²) in [5.41, 5.74) is 9.41. The molecule has 0 spiro atoms. The van der Waals surface area contributed by atoms with E-state index < -0.39 is 0 Å². The fraction of sp³-hybridized carbons (Fsp3) is 0.273. The number of amides is 1. The Morgan fingerprint density at radius 2 is 2.38 bits per heavy atom. The Labute approximate surface area is 96.7 Å². The third-order valence-electron chi connectivity index (χ3n) is 2.87. The summed E-state index contributed by atoms with van der Waals surface area (Å²) in [6.07, 6.45) is 0.736. The molecule has 1 amide bonds. The van der Waals surface area contributed by atoms with E-state index in [1.165, 1.54) is 0 Å². The van der Waals surface area contributed by atoms with E-state index in [1.807, 2.05) is 23.7 Å². The van der Waals surface area contributed by atoms with Crippen LogP contribution in [0, 0.1) is 0 Å². The molecule has 1 fully saturated rings. The summed E-state index contributed by atoms with van der Waals surface area (Å²) < 4.78 is 1.10. The van der Waals surface area contributed by atoms with Crippen LogP contribution in [0.25, 0.3) is 10.2 Å². The van der Waals surface area contributed by atoms with Gasteiger partial charge >= 0.3 is 0 Å². The van der Waals surface area contributed by atoms with Gasteiger partial charge in [0.05, 0.1) is 21.8 Å². The number of hydrogen-bond donors (Lipinski definition) is 1. The van der Waals surface area contributed by atoms with E-state index in [4.69, 9.17) is 5.73 Å². The zero-order valence-corrected chi connectivity index (χ0v) is 9.41. The van der Waals surface area contributed by atoms with Crippen LogP contribution in [0.4, 0.5) is 5.69 Å². The SMILES string of the molecule is NC1CCN(c2ccc3ncsc3c2)C1=O. The maximum absolute atomic E-state index is 11.8. The van der Waals surface area contributed by atoms with Gasteiger partial charge < -0.3 is 10.6 Å². The Morgan fingerprint density at radius 3 is 3.12 bits per heavy atom. The Hall–Kier alpha value is -1.46. The van der Waals surface area contributed by atoms with Gasteiger partial charge in [0.15, 0.2) is 0 Å². The van der Waals surface area contributed by atoms with Crippen LogP contribution in [0.3, 0.4) is 0 Å². The van der Waals surface area contributed by atoms with Crippen molar-refractivity contribution < 1.29 is 4.79 Å². The first kappa shape index (κ1) is 9.74. The lowest BCUT2D eigenvalue weighted by molar-refractivity contribution is -0.118. The molecule has 1 aliphatic heterocycles. The number of aromatic nitrogens is 1. The number of nitrogens with two attached hydrogens (primary N) is 1. The minimum atomic E-state index is -0.336. The first-order chi connectivity index (χ1) is 7.75. The normalized spacial score (nSPS) is 20.9. The van der Waals surface area contributed by atoms with Crippen LogP contribution in [0.5, 0.6) is 0 Å². The smallest absolute Gasteiger partial charge is 0.243 e. The van der Waals surface area contributed by atoms with Gasteiger partial charge in [0, 0.05) is 12.2 Å². The van der Waals surface area contributed by atoms with Gasteiger partial charge in [-0.25, -0.2) is 4.98 Å². The van der Waals surface area contributed by atoms with Crippen LogP contribution in [0.15, 0.2) is 23.7 Å². The molecule has 3 rings (SSSR count). The minimum absolute atomic E-state index is 0.0175. The average Bonchev–Trinajstić information content (AvgIpc) is 2.86. The van der Waals surface area contributed by atoms with E-state index in [9.17, 15) is 4.79 Å². The van der Waals surface area contributed by atoms with Crippen molar-refractivity contribution in [1.29, 1.82) is 0 Å². The van der Waals surface area contributed by atoms with Crippen LogP contribution in [-0.4, -0.2) is 23.5 Å². The highest BCUT2D eigenvalue weighted by Crippen LogP contribution is 2.26. The van der Waals surface area contributed by atoms with Gasteiger partial charge in [-0.15, -0.1) is 11.3 Å². The van der Waals surface area contributed by atoms with E-state index in [0.29, 0.717) is 6.54 Å². The number of fused-ring (bicyclic) bond motifs is 1.